The molecule has 1 aromatic heterocycles. The predicted octanol–water partition coefficient (Wildman–Crippen LogP) is 2.67. The van der Waals surface area contributed by atoms with E-state index in [1.54, 1.807) is 31.4 Å². The first kappa shape index (κ1) is 24.0. The highest BCUT2D eigenvalue weighted by Gasteiger charge is 2.32. The van der Waals surface area contributed by atoms with Crippen LogP contribution in [-0.2, 0) is 9.59 Å². The highest BCUT2D eigenvalue weighted by atomic mass is 32.2. The van der Waals surface area contributed by atoms with E-state index in [1.165, 1.54) is 9.69 Å². The number of amides is 2. The molecule has 0 saturated carbocycles. The van der Waals surface area contributed by atoms with Crippen molar-refractivity contribution >= 4 is 46.4 Å². The van der Waals surface area contributed by atoms with E-state index in [0.717, 1.165) is 23.1 Å². The highest BCUT2D eigenvalue weighted by molar-refractivity contribution is 8.14. The number of para-hydroxylation sites is 1. The van der Waals surface area contributed by atoms with Gasteiger partial charge in [-0.3, -0.25) is 24.3 Å². The van der Waals surface area contributed by atoms with Gasteiger partial charge in [0.25, 0.3) is 12.1 Å². The maximum Gasteiger partial charge on any atom is 0.305 e. The molecule has 3 aromatic rings. The molecular weight excluding hydrogens is 468 g/mol. The van der Waals surface area contributed by atoms with Crippen molar-refractivity contribution in [1.29, 1.82) is 0 Å². The van der Waals surface area contributed by atoms with Gasteiger partial charge in [0.2, 0.25) is 11.2 Å². The summed E-state index contributed by atoms with van der Waals surface area (Å²) in [4.78, 5) is 33.3. The van der Waals surface area contributed by atoms with E-state index in [0.29, 0.717) is 17.5 Å². The summed E-state index contributed by atoms with van der Waals surface area (Å²) in [6.07, 6.45) is 3.27. The number of nitrogens with one attached hydrogen (secondary N) is 1. The predicted molar refractivity (Wildman–Crippen MR) is 135 cm³/mol. The summed E-state index contributed by atoms with van der Waals surface area (Å²) in [5.74, 6) is 0.408. The molecule has 1 N–H and O–H groups in total. The van der Waals surface area contributed by atoms with Crippen LogP contribution in [0.25, 0.3) is 6.08 Å². The molecule has 11 heteroatoms. The molecule has 1 aliphatic heterocycles. The third-order valence-electron chi connectivity index (χ3n) is 4.80. The van der Waals surface area contributed by atoms with Crippen LogP contribution in [0.2, 0.25) is 0 Å². The van der Waals surface area contributed by atoms with E-state index in [4.69, 9.17) is 9.26 Å². The Bertz CT molecular complexity index is 1250. The van der Waals surface area contributed by atoms with Crippen LogP contribution in [-0.4, -0.2) is 48.7 Å². The summed E-state index contributed by atoms with van der Waals surface area (Å²) in [6.45, 7) is 2.50. The second-order valence-electron chi connectivity index (χ2n) is 7.57. The maximum atomic E-state index is 13.3. The fourth-order valence-electron chi connectivity index (χ4n) is 3.17. The molecule has 2 amide bonds. The zero-order valence-corrected chi connectivity index (χ0v) is 20.4. The lowest BCUT2D eigenvalue weighted by atomic mass is 10.2. The first-order chi connectivity index (χ1) is 16.9. The van der Waals surface area contributed by atoms with Crippen molar-refractivity contribution in [3.63, 3.8) is 0 Å². The van der Waals surface area contributed by atoms with Gasteiger partial charge in [0.05, 0.1) is 36.9 Å². The Morgan fingerprint density at radius 2 is 1.94 bits per heavy atom. The number of nitrogens with zero attached hydrogens (tertiary/aromatic N) is 5. The summed E-state index contributed by atoms with van der Waals surface area (Å²) >= 11 is 1.16. The number of benzene rings is 2. The Morgan fingerprint density at radius 3 is 2.60 bits per heavy atom. The number of hydrogen-bond donors (Lipinski definition) is 1. The number of ether oxygens (including phenoxy) is 1. The SMILES string of the molecule is CCOc1ccc(/C=C2/N=C(SCC(=O)Nc3c[n+](N(C)C)no3)N(c3ccccc3)C2=O)cc1. The molecule has 180 valence electrons. The molecule has 0 radical (unpaired) electrons. The van der Waals surface area contributed by atoms with Gasteiger partial charge >= 0.3 is 5.88 Å². The summed E-state index contributed by atoms with van der Waals surface area (Å²) in [5, 5.41) is 8.53. The normalized spacial score (nSPS) is 14.3. The Hall–Kier alpha value is -4.12. The molecule has 0 spiro atoms. The van der Waals surface area contributed by atoms with Gasteiger partial charge in [-0.05, 0) is 42.8 Å². The Morgan fingerprint density at radius 1 is 1.20 bits per heavy atom. The summed E-state index contributed by atoms with van der Waals surface area (Å²) in [7, 11) is 3.58. The fraction of sp³-hybridized carbons (Fsp3) is 0.208. The largest absolute Gasteiger partial charge is 0.494 e. The van der Waals surface area contributed by atoms with Gasteiger partial charge in [0.1, 0.15) is 11.4 Å². The van der Waals surface area contributed by atoms with Crippen molar-refractivity contribution in [2.45, 2.75) is 6.92 Å². The molecule has 1 aliphatic rings. The molecule has 2 heterocycles. The number of carbonyl (C=O) groups excluding carboxylic acids is 2. The first-order valence-corrected chi connectivity index (χ1v) is 11.8. The minimum Gasteiger partial charge on any atom is -0.494 e. The highest BCUT2D eigenvalue weighted by Crippen LogP contribution is 2.29. The summed E-state index contributed by atoms with van der Waals surface area (Å²) in [6, 6.07) is 16.6. The molecule has 0 fully saturated rings. The molecule has 4 rings (SSSR count). The van der Waals surface area contributed by atoms with E-state index < -0.39 is 0 Å². The molecule has 10 nitrogen and oxygen atoms in total. The Kier molecular flexibility index (Phi) is 7.46. The van der Waals surface area contributed by atoms with Crippen LogP contribution in [0, 0.1) is 0 Å². The van der Waals surface area contributed by atoms with Crippen LogP contribution in [0.4, 0.5) is 11.6 Å². The average Bonchev–Trinajstić information content (AvgIpc) is 3.44. The van der Waals surface area contributed by atoms with Crippen LogP contribution in [0.5, 0.6) is 5.75 Å². The fourth-order valence-corrected chi connectivity index (χ4v) is 3.98. The number of aliphatic imine (C=N–C) groups is 1. The van der Waals surface area contributed by atoms with E-state index in [1.807, 2.05) is 61.5 Å². The van der Waals surface area contributed by atoms with Crippen molar-refractivity contribution in [1.82, 2.24) is 5.27 Å². The van der Waals surface area contributed by atoms with Crippen LogP contribution in [0.1, 0.15) is 12.5 Å². The van der Waals surface area contributed by atoms with Crippen molar-refractivity contribution in [3.05, 3.63) is 72.1 Å². The summed E-state index contributed by atoms with van der Waals surface area (Å²) in [5.41, 5.74) is 1.77. The summed E-state index contributed by atoms with van der Waals surface area (Å²) < 4.78 is 10.6. The molecule has 0 aliphatic carbocycles. The second-order valence-corrected chi connectivity index (χ2v) is 8.52. The Balaban J connectivity index is 1.51. The number of amidine groups is 1. The van der Waals surface area contributed by atoms with Gasteiger partial charge < -0.3 is 4.74 Å². The zero-order chi connectivity index (χ0) is 24.8. The second kappa shape index (κ2) is 10.9. The quantitative estimate of drug-likeness (QED) is 0.380. The zero-order valence-electron chi connectivity index (χ0n) is 19.5. The Labute approximate surface area is 206 Å². The van der Waals surface area contributed by atoms with Crippen molar-refractivity contribution in [2.24, 2.45) is 4.99 Å². The molecule has 0 bridgehead atoms. The van der Waals surface area contributed by atoms with Gasteiger partial charge in [-0.25, -0.2) is 4.99 Å². The minimum atomic E-state index is -0.316. The van der Waals surface area contributed by atoms with Crippen LogP contribution in [0.15, 0.2) is 76.0 Å². The minimum absolute atomic E-state index is 0.0223. The lowest BCUT2D eigenvalue weighted by Crippen LogP contribution is -2.53. The molecule has 2 aromatic carbocycles. The van der Waals surface area contributed by atoms with Crippen molar-refractivity contribution in [2.75, 3.05) is 41.7 Å². The van der Waals surface area contributed by atoms with Gasteiger partial charge in [-0.2, -0.15) is 5.01 Å². The molecule has 0 saturated heterocycles. The number of rotatable bonds is 8. The van der Waals surface area contributed by atoms with E-state index in [-0.39, 0.29) is 29.1 Å². The average molecular weight is 494 g/mol. The molecule has 0 atom stereocenters. The third-order valence-corrected chi connectivity index (χ3v) is 5.74. The molecule has 0 unspecified atom stereocenters. The number of hydrogen-bond acceptors (Lipinski definition) is 8. The van der Waals surface area contributed by atoms with E-state index >= 15 is 0 Å². The van der Waals surface area contributed by atoms with Crippen LogP contribution < -0.4 is 24.8 Å². The maximum absolute atomic E-state index is 13.3. The number of anilines is 2. The lowest BCUT2D eigenvalue weighted by Gasteiger charge is -2.17. The molecular formula is C24H25N6O4S+. The molecule has 35 heavy (non-hydrogen) atoms. The first-order valence-electron chi connectivity index (χ1n) is 10.9. The van der Waals surface area contributed by atoms with Gasteiger partial charge in [0.15, 0.2) is 5.17 Å². The lowest BCUT2D eigenvalue weighted by molar-refractivity contribution is -0.753. The van der Waals surface area contributed by atoms with Crippen molar-refractivity contribution in [3.8, 4) is 5.75 Å². The third kappa shape index (κ3) is 5.87. The van der Waals surface area contributed by atoms with Gasteiger partial charge in [-0.1, -0.05) is 42.1 Å². The topological polar surface area (TPSA) is 104 Å². The van der Waals surface area contributed by atoms with Crippen molar-refractivity contribution < 1.29 is 23.6 Å². The van der Waals surface area contributed by atoms with E-state index in [9.17, 15) is 9.59 Å². The monoisotopic (exact) mass is 493 g/mol. The van der Waals surface area contributed by atoms with Gasteiger partial charge in [-0.15, -0.1) is 0 Å². The van der Waals surface area contributed by atoms with E-state index in [2.05, 4.69) is 15.6 Å². The number of aromatic nitrogens is 2. The van der Waals surface area contributed by atoms with Gasteiger partial charge in [0, 0.05) is 0 Å². The standard InChI is InChI=1S/C24H24N6O4S/c1-4-33-19-12-10-17(11-13-19)14-20-23(32)30(18-8-6-5-7-9-18)24(25-20)35-16-21(31)26-22-15-29(27-34-22)28(2)3/h5-15H,4,16H2,1-3H3/p+1/b20-14+. The smallest absolute Gasteiger partial charge is 0.305 e. The number of carbonyl (C=O) groups is 2. The number of thioether (sulfide) groups is 1. The van der Waals surface area contributed by atoms with Crippen LogP contribution >= 0.6 is 11.8 Å². The van der Waals surface area contributed by atoms with Crippen LogP contribution in [0.3, 0.4) is 0 Å².